The summed E-state index contributed by atoms with van der Waals surface area (Å²) in [7, 11) is 0. The fourth-order valence-electron chi connectivity index (χ4n) is 3.43. The molecule has 3 aromatic carbocycles. The summed E-state index contributed by atoms with van der Waals surface area (Å²) in [5.41, 5.74) is 4.74. The number of hydrogen-bond donors (Lipinski definition) is 3. The summed E-state index contributed by atoms with van der Waals surface area (Å²) in [4.78, 5) is 37.1. The first-order chi connectivity index (χ1) is 15.8. The predicted molar refractivity (Wildman–Crippen MR) is 129 cm³/mol. The monoisotopic (exact) mass is 445 g/mol. The molecule has 3 amide bonds. The van der Waals surface area contributed by atoms with E-state index in [-0.39, 0.29) is 30.7 Å². The van der Waals surface area contributed by atoms with Crippen molar-refractivity contribution in [2.24, 2.45) is 0 Å². The summed E-state index contributed by atoms with van der Waals surface area (Å²) in [5.74, 6) is -0.876. The second-order valence-electron chi connectivity index (χ2n) is 7.70. The molecule has 0 saturated heterocycles. The van der Waals surface area contributed by atoms with Crippen LogP contribution in [0.2, 0.25) is 0 Å². The molecule has 0 aliphatic rings. The Labute approximate surface area is 193 Å². The highest BCUT2D eigenvalue weighted by Crippen LogP contribution is 2.22. The largest absolute Gasteiger partial charge is 0.483 e. The fraction of sp³-hybridized carbons (Fsp3) is 0.192. The molecule has 0 atom stereocenters. The van der Waals surface area contributed by atoms with Crippen molar-refractivity contribution in [2.75, 3.05) is 23.8 Å². The molecular weight excluding hydrogens is 418 g/mol. The summed E-state index contributed by atoms with van der Waals surface area (Å²) in [6.45, 7) is 5.33. The van der Waals surface area contributed by atoms with Crippen molar-refractivity contribution < 1.29 is 19.1 Å². The maximum absolute atomic E-state index is 12.6. The topological polar surface area (TPSA) is 96.5 Å². The van der Waals surface area contributed by atoms with Crippen LogP contribution in [0.25, 0.3) is 0 Å². The lowest BCUT2D eigenvalue weighted by molar-refractivity contribution is -0.125. The number of anilines is 2. The number of amides is 3. The van der Waals surface area contributed by atoms with E-state index in [1.165, 1.54) is 0 Å². The van der Waals surface area contributed by atoms with Gasteiger partial charge in [0.25, 0.3) is 11.8 Å². The van der Waals surface area contributed by atoms with E-state index in [1.54, 1.807) is 36.4 Å². The lowest BCUT2D eigenvalue weighted by Crippen LogP contribution is -2.36. The number of hydrogen-bond acceptors (Lipinski definition) is 4. The Bertz CT molecular complexity index is 1140. The minimum absolute atomic E-state index is 0.189. The number of carbonyl (C=O) groups is 3. The van der Waals surface area contributed by atoms with Crippen LogP contribution >= 0.6 is 0 Å². The van der Waals surface area contributed by atoms with Gasteiger partial charge in [-0.1, -0.05) is 48.0 Å². The van der Waals surface area contributed by atoms with Crippen LogP contribution in [0.1, 0.15) is 27.0 Å². The van der Waals surface area contributed by atoms with Gasteiger partial charge in [0.05, 0.1) is 12.1 Å². The quantitative estimate of drug-likeness (QED) is 0.488. The number of para-hydroxylation sites is 2. The van der Waals surface area contributed by atoms with Gasteiger partial charge in [0.2, 0.25) is 5.91 Å². The highest BCUT2D eigenvalue weighted by molar-refractivity contribution is 6.06. The van der Waals surface area contributed by atoms with Crippen LogP contribution in [0.3, 0.4) is 0 Å². The Hall–Kier alpha value is -4.13. The maximum atomic E-state index is 12.6. The fourth-order valence-corrected chi connectivity index (χ4v) is 3.43. The molecule has 0 aliphatic carbocycles. The van der Waals surface area contributed by atoms with Gasteiger partial charge in [-0.15, -0.1) is 0 Å². The summed E-state index contributed by atoms with van der Waals surface area (Å²) in [5, 5.41) is 8.16. The van der Waals surface area contributed by atoms with Crippen LogP contribution in [0.4, 0.5) is 11.4 Å². The first kappa shape index (κ1) is 23.5. The minimum Gasteiger partial charge on any atom is -0.483 e. The zero-order chi connectivity index (χ0) is 23.8. The average Bonchev–Trinajstić information content (AvgIpc) is 2.79. The zero-order valence-corrected chi connectivity index (χ0v) is 18.9. The first-order valence-electron chi connectivity index (χ1n) is 10.6. The second-order valence-corrected chi connectivity index (χ2v) is 7.70. The normalized spacial score (nSPS) is 10.3. The molecule has 3 rings (SSSR count). The first-order valence-corrected chi connectivity index (χ1v) is 10.6. The number of ether oxygens (including phenoxy) is 1. The Morgan fingerprint density at radius 1 is 0.788 bits per heavy atom. The summed E-state index contributed by atoms with van der Waals surface area (Å²) in [6.07, 6.45) is 0. The van der Waals surface area contributed by atoms with E-state index in [0.717, 1.165) is 22.4 Å². The molecule has 7 heteroatoms. The van der Waals surface area contributed by atoms with Crippen LogP contribution < -0.4 is 20.7 Å². The number of rotatable bonds is 8. The van der Waals surface area contributed by atoms with Crippen molar-refractivity contribution in [3.63, 3.8) is 0 Å². The lowest BCUT2D eigenvalue weighted by atomic mass is 10.1. The number of benzene rings is 3. The Morgan fingerprint density at radius 3 is 2.12 bits per heavy atom. The van der Waals surface area contributed by atoms with E-state index in [9.17, 15) is 14.4 Å². The SMILES string of the molecule is Cc1cc(C)c(NC(=O)CNC(=O)COc2ccccc2C(=O)Nc2ccccc2)c(C)c1. The Kier molecular flexibility index (Phi) is 7.81. The molecule has 0 aromatic heterocycles. The van der Waals surface area contributed by atoms with Gasteiger partial charge in [0.1, 0.15) is 5.75 Å². The van der Waals surface area contributed by atoms with E-state index in [1.807, 2.05) is 51.1 Å². The molecule has 0 heterocycles. The van der Waals surface area contributed by atoms with Crippen LogP contribution in [0.5, 0.6) is 5.75 Å². The van der Waals surface area contributed by atoms with Crippen molar-refractivity contribution in [2.45, 2.75) is 20.8 Å². The van der Waals surface area contributed by atoms with Crippen molar-refractivity contribution in [3.8, 4) is 5.75 Å². The van der Waals surface area contributed by atoms with Crippen LogP contribution in [-0.4, -0.2) is 30.9 Å². The summed E-state index contributed by atoms with van der Waals surface area (Å²) < 4.78 is 5.56. The Balaban J connectivity index is 1.52. The Morgan fingerprint density at radius 2 is 1.42 bits per heavy atom. The molecule has 0 bridgehead atoms. The number of carbonyl (C=O) groups excluding carboxylic acids is 3. The molecule has 7 nitrogen and oxygen atoms in total. The van der Waals surface area contributed by atoms with E-state index in [0.29, 0.717) is 11.3 Å². The third-order valence-corrected chi connectivity index (χ3v) is 4.91. The molecular formula is C26H27N3O4. The molecule has 0 saturated carbocycles. The molecule has 0 radical (unpaired) electrons. The molecule has 0 fully saturated rings. The van der Waals surface area contributed by atoms with E-state index >= 15 is 0 Å². The van der Waals surface area contributed by atoms with Gasteiger partial charge >= 0.3 is 0 Å². The van der Waals surface area contributed by atoms with Crippen molar-refractivity contribution in [1.82, 2.24) is 5.32 Å². The van der Waals surface area contributed by atoms with Gasteiger partial charge < -0.3 is 20.7 Å². The molecule has 0 unspecified atom stereocenters. The van der Waals surface area contributed by atoms with Gasteiger partial charge in [0.15, 0.2) is 6.61 Å². The maximum Gasteiger partial charge on any atom is 0.259 e. The predicted octanol–water partition coefficient (Wildman–Crippen LogP) is 4.00. The number of nitrogens with one attached hydrogen (secondary N) is 3. The molecule has 3 aromatic rings. The van der Waals surface area contributed by atoms with Crippen LogP contribution in [0, 0.1) is 20.8 Å². The van der Waals surface area contributed by atoms with Gasteiger partial charge in [-0.2, -0.15) is 0 Å². The second kappa shape index (κ2) is 10.9. The van der Waals surface area contributed by atoms with Gasteiger partial charge in [-0.25, -0.2) is 0 Å². The van der Waals surface area contributed by atoms with Crippen LogP contribution in [0.15, 0.2) is 66.7 Å². The molecule has 0 aliphatic heterocycles. The van der Waals surface area contributed by atoms with Gasteiger partial charge in [-0.05, 0) is 56.2 Å². The van der Waals surface area contributed by atoms with Crippen LogP contribution in [-0.2, 0) is 9.59 Å². The zero-order valence-electron chi connectivity index (χ0n) is 18.9. The highest BCUT2D eigenvalue weighted by atomic mass is 16.5. The van der Waals surface area contributed by atoms with Gasteiger partial charge in [0, 0.05) is 11.4 Å². The number of aryl methyl sites for hydroxylation is 3. The summed E-state index contributed by atoms with van der Waals surface area (Å²) in [6, 6.07) is 19.7. The molecule has 170 valence electrons. The lowest BCUT2D eigenvalue weighted by Gasteiger charge is -2.14. The molecule has 3 N–H and O–H groups in total. The van der Waals surface area contributed by atoms with Crippen molar-refractivity contribution >= 4 is 29.1 Å². The van der Waals surface area contributed by atoms with E-state index in [4.69, 9.17) is 4.74 Å². The third kappa shape index (κ3) is 6.67. The molecule has 0 spiro atoms. The van der Waals surface area contributed by atoms with Crippen molar-refractivity contribution in [1.29, 1.82) is 0 Å². The smallest absolute Gasteiger partial charge is 0.259 e. The summed E-state index contributed by atoms with van der Waals surface area (Å²) >= 11 is 0. The van der Waals surface area contributed by atoms with Gasteiger partial charge in [-0.3, -0.25) is 14.4 Å². The standard InChI is InChI=1S/C26H27N3O4/c1-17-13-18(2)25(19(3)14-17)29-23(30)15-27-24(31)16-33-22-12-8-7-11-21(22)26(32)28-20-9-5-4-6-10-20/h4-14H,15-16H2,1-3H3,(H,27,31)(H,28,32)(H,29,30). The van der Waals surface area contributed by atoms with E-state index < -0.39 is 5.91 Å². The average molecular weight is 446 g/mol. The van der Waals surface area contributed by atoms with E-state index in [2.05, 4.69) is 16.0 Å². The molecule has 33 heavy (non-hydrogen) atoms. The third-order valence-electron chi connectivity index (χ3n) is 4.91. The van der Waals surface area contributed by atoms with Crippen molar-refractivity contribution in [3.05, 3.63) is 89.0 Å². The minimum atomic E-state index is -0.472. The highest BCUT2D eigenvalue weighted by Gasteiger charge is 2.14.